The van der Waals surface area contributed by atoms with Crippen LogP contribution in [0.1, 0.15) is 35.2 Å². The van der Waals surface area contributed by atoms with Gasteiger partial charge in [0, 0.05) is 6.61 Å². The van der Waals surface area contributed by atoms with Gasteiger partial charge in [-0.1, -0.05) is 11.6 Å². The Bertz CT molecular complexity index is 466. The van der Waals surface area contributed by atoms with Crippen LogP contribution in [-0.2, 0) is 14.2 Å². The highest BCUT2D eigenvalue weighted by molar-refractivity contribution is 5.92. The molecule has 0 saturated carbocycles. The van der Waals surface area contributed by atoms with E-state index in [4.69, 9.17) is 18.9 Å². The number of hydrogen-bond donors (Lipinski definition) is 0. The van der Waals surface area contributed by atoms with Gasteiger partial charge in [0.05, 0.1) is 13.7 Å². The second-order valence-corrected chi connectivity index (χ2v) is 5.01. The van der Waals surface area contributed by atoms with E-state index in [9.17, 15) is 4.79 Å². The number of benzene rings is 1. The predicted octanol–water partition coefficient (Wildman–Crippen LogP) is 2.70. The Hall–Kier alpha value is -1.59. The summed E-state index contributed by atoms with van der Waals surface area (Å²) in [5.74, 6) is 0.117. The molecular weight excluding hydrogens is 272 g/mol. The summed E-state index contributed by atoms with van der Waals surface area (Å²) >= 11 is 0. The standard InChI is InChI=1S/C16H22O5/c1-12-6-7-14(13(11-12)16(17)18-2)19-9-10-21-15-5-3-4-8-20-15/h6-7,11,15H,3-5,8-10H2,1-2H3. The summed E-state index contributed by atoms with van der Waals surface area (Å²) in [7, 11) is 1.36. The Kier molecular flexibility index (Phi) is 6.02. The fourth-order valence-corrected chi connectivity index (χ4v) is 2.21. The minimum atomic E-state index is -0.398. The summed E-state index contributed by atoms with van der Waals surface area (Å²) in [6, 6.07) is 5.43. The number of hydrogen-bond acceptors (Lipinski definition) is 5. The molecule has 1 aromatic carbocycles. The molecule has 0 aromatic heterocycles. The molecule has 1 fully saturated rings. The van der Waals surface area contributed by atoms with Crippen molar-refractivity contribution in [3.05, 3.63) is 29.3 Å². The van der Waals surface area contributed by atoms with Gasteiger partial charge in [0.15, 0.2) is 6.29 Å². The van der Waals surface area contributed by atoms with Gasteiger partial charge in [-0.15, -0.1) is 0 Å². The predicted molar refractivity (Wildman–Crippen MR) is 77.6 cm³/mol. The first-order chi connectivity index (χ1) is 10.2. The van der Waals surface area contributed by atoms with Crippen molar-refractivity contribution < 1.29 is 23.7 Å². The van der Waals surface area contributed by atoms with Gasteiger partial charge >= 0.3 is 5.97 Å². The second kappa shape index (κ2) is 8.00. The summed E-state index contributed by atoms with van der Waals surface area (Å²) in [6.45, 7) is 3.47. The monoisotopic (exact) mass is 294 g/mol. The maximum atomic E-state index is 11.7. The first-order valence-electron chi connectivity index (χ1n) is 7.25. The van der Waals surface area contributed by atoms with E-state index < -0.39 is 5.97 Å². The minimum Gasteiger partial charge on any atom is -0.490 e. The number of ether oxygens (including phenoxy) is 4. The van der Waals surface area contributed by atoms with Crippen molar-refractivity contribution in [3.63, 3.8) is 0 Å². The SMILES string of the molecule is COC(=O)c1cc(C)ccc1OCCOC1CCCCO1. The highest BCUT2D eigenvalue weighted by atomic mass is 16.7. The third kappa shape index (κ3) is 4.72. The van der Waals surface area contributed by atoms with E-state index in [1.807, 2.05) is 13.0 Å². The first-order valence-corrected chi connectivity index (χ1v) is 7.25. The van der Waals surface area contributed by atoms with Gasteiger partial charge in [0.2, 0.25) is 0 Å². The Morgan fingerprint density at radius 2 is 2.19 bits per heavy atom. The van der Waals surface area contributed by atoms with Crippen molar-refractivity contribution in [1.82, 2.24) is 0 Å². The lowest BCUT2D eigenvalue weighted by molar-refractivity contribution is -0.165. The molecule has 2 rings (SSSR count). The van der Waals surface area contributed by atoms with E-state index in [0.717, 1.165) is 31.4 Å². The van der Waals surface area contributed by atoms with E-state index in [0.29, 0.717) is 24.5 Å². The van der Waals surface area contributed by atoms with Gasteiger partial charge in [-0.25, -0.2) is 4.79 Å². The van der Waals surface area contributed by atoms with Gasteiger partial charge in [0.1, 0.15) is 17.9 Å². The fourth-order valence-electron chi connectivity index (χ4n) is 2.21. The normalized spacial score (nSPS) is 18.3. The number of carbonyl (C=O) groups is 1. The van der Waals surface area contributed by atoms with E-state index in [2.05, 4.69) is 0 Å². The molecule has 0 N–H and O–H groups in total. The van der Waals surface area contributed by atoms with Crippen molar-refractivity contribution in [2.24, 2.45) is 0 Å². The second-order valence-electron chi connectivity index (χ2n) is 5.01. The molecule has 0 spiro atoms. The van der Waals surface area contributed by atoms with Gasteiger partial charge in [-0.05, 0) is 38.3 Å². The van der Waals surface area contributed by atoms with Crippen LogP contribution in [0.5, 0.6) is 5.75 Å². The molecule has 116 valence electrons. The topological polar surface area (TPSA) is 54.0 Å². The number of carbonyl (C=O) groups excluding carboxylic acids is 1. The van der Waals surface area contributed by atoms with Gasteiger partial charge in [-0.3, -0.25) is 0 Å². The molecule has 1 aliphatic heterocycles. The maximum absolute atomic E-state index is 11.7. The largest absolute Gasteiger partial charge is 0.490 e. The van der Waals surface area contributed by atoms with Crippen molar-refractivity contribution in [3.8, 4) is 5.75 Å². The third-order valence-corrected chi connectivity index (χ3v) is 3.32. The van der Waals surface area contributed by atoms with E-state index in [-0.39, 0.29) is 6.29 Å². The molecule has 1 atom stereocenters. The molecule has 0 aliphatic carbocycles. The third-order valence-electron chi connectivity index (χ3n) is 3.32. The highest BCUT2D eigenvalue weighted by Crippen LogP contribution is 2.21. The zero-order chi connectivity index (χ0) is 15.1. The summed E-state index contributed by atoms with van der Waals surface area (Å²) in [6.07, 6.45) is 3.04. The molecule has 0 radical (unpaired) electrons. The van der Waals surface area contributed by atoms with Crippen LogP contribution in [0.4, 0.5) is 0 Å². The molecule has 1 saturated heterocycles. The van der Waals surface area contributed by atoms with Gasteiger partial charge < -0.3 is 18.9 Å². The summed E-state index contributed by atoms with van der Waals surface area (Å²) < 4.78 is 21.5. The number of methoxy groups -OCH3 is 1. The van der Waals surface area contributed by atoms with Crippen LogP contribution in [0.25, 0.3) is 0 Å². The van der Waals surface area contributed by atoms with E-state index in [1.54, 1.807) is 12.1 Å². The average molecular weight is 294 g/mol. The Morgan fingerprint density at radius 3 is 2.90 bits per heavy atom. The highest BCUT2D eigenvalue weighted by Gasteiger charge is 2.15. The Morgan fingerprint density at radius 1 is 1.33 bits per heavy atom. The molecule has 5 heteroatoms. The van der Waals surface area contributed by atoms with Crippen molar-refractivity contribution in [2.45, 2.75) is 32.5 Å². The summed E-state index contributed by atoms with van der Waals surface area (Å²) in [5, 5.41) is 0. The molecule has 1 unspecified atom stereocenters. The maximum Gasteiger partial charge on any atom is 0.341 e. The zero-order valence-corrected chi connectivity index (χ0v) is 12.6. The first kappa shape index (κ1) is 15.8. The smallest absolute Gasteiger partial charge is 0.341 e. The van der Waals surface area contributed by atoms with Crippen LogP contribution in [0, 0.1) is 6.92 Å². The van der Waals surface area contributed by atoms with Crippen LogP contribution in [0.3, 0.4) is 0 Å². The molecule has 21 heavy (non-hydrogen) atoms. The lowest BCUT2D eigenvalue weighted by Gasteiger charge is -2.22. The number of aryl methyl sites for hydroxylation is 1. The molecule has 5 nitrogen and oxygen atoms in total. The average Bonchev–Trinajstić information content (AvgIpc) is 2.53. The molecule has 1 aromatic rings. The van der Waals surface area contributed by atoms with Gasteiger partial charge in [-0.2, -0.15) is 0 Å². The van der Waals surface area contributed by atoms with Crippen molar-refractivity contribution in [1.29, 1.82) is 0 Å². The van der Waals surface area contributed by atoms with E-state index in [1.165, 1.54) is 7.11 Å². The molecule has 1 aliphatic rings. The van der Waals surface area contributed by atoms with E-state index >= 15 is 0 Å². The van der Waals surface area contributed by atoms with Crippen LogP contribution in [0.15, 0.2) is 18.2 Å². The van der Waals surface area contributed by atoms with Gasteiger partial charge in [0.25, 0.3) is 0 Å². The fraction of sp³-hybridized carbons (Fsp3) is 0.562. The van der Waals surface area contributed by atoms with Crippen molar-refractivity contribution in [2.75, 3.05) is 26.9 Å². The zero-order valence-electron chi connectivity index (χ0n) is 12.6. The Labute approximate surface area is 125 Å². The van der Waals surface area contributed by atoms with Crippen LogP contribution in [-0.4, -0.2) is 39.2 Å². The van der Waals surface area contributed by atoms with Crippen molar-refractivity contribution >= 4 is 5.97 Å². The summed E-state index contributed by atoms with van der Waals surface area (Å²) in [4.78, 5) is 11.7. The molecular formula is C16H22O5. The number of rotatable bonds is 6. The Balaban J connectivity index is 1.83. The van der Waals surface area contributed by atoms with Crippen LogP contribution < -0.4 is 4.74 Å². The quantitative estimate of drug-likeness (QED) is 0.596. The summed E-state index contributed by atoms with van der Waals surface area (Å²) in [5.41, 5.74) is 1.42. The lowest BCUT2D eigenvalue weighted by Crippen LogP contribution is -2.24. The lowest BCUT2D eigenvalue weighted by atomic mass is 10.1. The molecule has 1 heterocycles. The number of esters is 1. The van der Waals surface area contributed by atoms with Crippen LogP contribution in [0.2, 0.25) is 0 Å². The molecule has 0 bridgehead atoms. The minimum absolute atomic E-state index is 0.125. The molecule has 0 amide bonds. The van der Waals surface area contributed by atoms with Crippen LogP contribution >= 0.6 is 0 Å².